The summed E-state index contributed by atoms with van der Waals surface area (Å²) < 4.78 is 0.690. The van der Waals surface area contributed by atoms with Gasteiger partial charge in [-0.25, -0.2) is 4.98 Å². The lowest BCUT2D eigenvalue weighted by Gasteiger charge is -2.33. The van der Waals surface area contributed by atoms with Crippen LogP contribution in [0.15, 0.2) is 16.2 Å². The second-order valence-electron chi connectivity index (χ2n) is 7.44. The van der Waals surface area contributed by atoms with Gasteiger partial charge in [0.2, 0.25) is 5.91 Å². The van der Waals surface area contributed by atoms with Gasteiger partial charge in [-0.3, -0.25) is 14.5 Å². The van der Waals surface area contributed by atoms with Crippen molar-refractivity contribution in [1.29, 1.82) is 0 Å². The zero-order valence-electron chi connectivity index (χ0n) is 15.1. The summed E-state index contributed by atoms with van der Waals surface area (Å²) in [5, 5.41) is 1.90. The number of nitrogens with one attached hydrogen (secondary N) is 1. The molecular formula is C19H26N4O2S. The maximum absolute atomic E-state index is 12.8. The Balaban J connectivity index is 1.34. The normalized spacial score (nSPS) is 20.4. The minimum absolute atomic E-state index is 0.0498. The van der Waals surface area contributed by atoms with Crippen molar-refractivity contribution in [2.75, 3.05) is 26.2 Å². The summed E-state index contributed by atoms with van der Waals surface area (Å²) in [4.78, 5) is 36.7. The van der Waals surface area contributed by atoms with Crippen molar-refractivity contribution in [2.24, 2.45) is 5.92 Å². The zero-order valence-corrected chi connectivity index (χ0v) is 15.9. The molecule has 2 aromatic heterocycles. The second kappa shape index (κ2) is 7.88. The van der Waals surface area contributed by atoms with Crippen molar-refractivity contribution in [2.45, 2.75) is 45.1 Å². The van der Waals surface area contributed by atoms with Gasteiger partial charge in [-0.1, -0.05) is 12.8 Å². The van der Waals surface area contributed by atoms with Gasteiger partial charge < -0.3 is 9.88 Å². The Kier molecular flexibility index (Phi) is 5.36. The zero-order chi connectivity index (χ0) is 17.9. The molecule has 2 aromatic rings. The molecule has 0 aliphatic carbocycles. The number of carbonyl (C=O) groups excluding carboxylic acids is 1. The van der Waals surface area contributed by atoms with E-state index in [4.69, 9.17) is 0 Å². The first kappa shape index (κ1) is 17.7. The Morgan fingerprint density at radius 3 is 2.62 bits per heavy atom. The number of thiophene rings is 1. The minimum Gasteiger partial charge on any atom is -0.342 e. The number of fused-ring (bicyclic) bond motifs is 1. The molecular weight excluding hydrogens is 348 g/mol. The van der Waals surface area contributed by atoms with Gasteiger partial charge in [0.05, 0.1) is 12.1 Å². The smallest absolute Gasteiger partial charge is 0.268 e. The molecule has 1 amide bonds. The van der Waals surface area contributed by atoms with Crippen LogP contribution in [-0.4, -0.2) is 51.9 Å². The molecule has 26 heavy (non-hydrogen) atoms. The minimum atomic E-state index is -0.0498. The first-order valence-corrected chi connectivity index (χ1v) is 10.6. The SMILES string of the molecule is O=C(C1CCN(Cc2nc3ccsc3c(=O)[nH]2)CC1)N1CCCCCC1. The number of H-pyrrole nitrogens is 1. The molecule has 6 nitrogen and oxygen atoms in total. The molecule has 4 rings (SSSR count). The van der Waals surface area contributed by atoms with Crippen LogP contribution >= 0.6 is 11.3 Å². The fraction of sp³-hybridized carbons (Fsp3) is 0.632. The highest BCUT2D eigenvalue weighted by Gasteiger charge is 2.29. The van der Waals surface area contributed by atoms with E-state index in [1.807, 2.05) is 11.4 Å². The molecule has 4 heterocycles. The van der Waals surface area contributed by atoms with Crippen molar-refractivity contribution in [3.8, 4) is 0 Å². The van der Waals surface area contributed by atoms with Gasteiger partial charge >= 0.3 is 0 Å². The lowest BCUT2D eigenvalue weighted by atomic mass is 9.95. The summed E-state index contributed by atoms with van der Waals surface area (Å²) in [6, 6.07) is 1.89. The van der Waals surface area contributed by atoms with Crippen LogP contribution < -0.4 is 5.56 Å². The standard InChI is InChI=1S/C19H26N4O2S/c24-18-17-15(7-12-26-17)20-16(21-18)13-22-10-5-14(6-11-22)19(25)23-8-3-1-2-4-9-23/h7,12,14H,1-6,8-11,13H2,(H,20,21,24). The van der Waals surface area contributed by atoms with E-state index in [1.165, 1.54) is 24.2 Å². The maximum atomic E-state index is 12.8. The third-order valence-corrected chi connectivity index (χ3v) is 6.49. The van der Waals surface area contributed by atoms with Gasteiger partial charge in [0.1, 0.15) is 10.5 Å². The molecule has 2 aliphatic heterocycles. The molecule has 0 radical (unpaired) electrons. The number of hydrogen-bond donors (Lipinski definition) is 1. The molecule has 140 valence electrons. The summed E-state index contributed by atoms with van der Waals surface area (Å²) >= 11 is 1.43. The topological polar surface area (TPSA) is 69.3 Å². The van der Waals surface area contributed by atoms with Gasteiger partial charge in [-0.2, -0.15) is 0 Å². The molecule has 0 saturated carbocycles. The van der Waals surface area contributed by atoms with Crippen LogP contribution in [0.3, 0.4) is 0 Å². The lowest BCUT2D eigenvalue weighted by Crippen LogP contribution is -2.43. The van der Waals surface area contributed by atoms with E-state index in [0.29, 0.717) is 17.2 Å². The first-order valence-electron chi connectivity index (χ1n) is 9.68. The predicted molar refractivity (Wildman–Crippen MR) is 103 cm³/mol. The van der Waals surface area contributed by atoms with E-state index in [2.05, 4.69) is 19.8 Å². The van der Waals surface area contributed by atoms with Crippen molar-refractivity contribution in [3.05, 3.63) is 27.6 Å². The lowest BCUT2D eigenvalue weighted by molar-refractivity contribution is -0.137. The molecule has 0 spiro atoms. The summed E-state index contributed by atoms with van der Waals surface area (Å²) in [6.07, 6.45) is 6.60. The Morgan fingerprint density at radius 1 is 1.15 bits per heavy atom. The molecule has 2 aliphatic rings. The number of likely N-dealkylation sites (tertiary alicyclic amines) is 2. The molecule has 2 saturated heterocycles. The Bertz CT molecular complexity index is 814. The Morgan fingerprint density at radius 2 is 1.88 bits per heavy atom. The van der Waals surface area contributed by atoms with Crippen molar-refractivity contribution < 1.29 is 4.79 Å². The van der Waals surface area contributed by atoms with Gasteiger partial charge in [0.15, 0.2) is 0 Å². The number of piperidine rings is 1. The summed E-state index contributed by atoms with van der Waals surface area (Å²) in [5.74, 6) is 1.24. The highest BCUT2D eigenvalue weighted by Crippen LogP contribution is 2.23. The van der Waals surface area contributed by atoms with Crippen LogP contribution in [0.4, 0.5) is 0 Å². The summed E-state index contributed by atoms with van der Waals surface area (Å²) in [7, 11) is 0. The number of nitrogens with zero attached hydrogens (tertiary/aromatic N) is 3. The molecule has 0 aromatic carbocycles. The van der Waals surface area contributed by atoms with Crippen LogP contribution in [0.5, 0.6) is 0 Å². The van der Waals surface area contributed by atoms with E-state index in [1.54, 1.807) is 0 Å². The monoisotopic (exact) mass is 374 g/mol. The number of aromatic amines is 1. The highest BCUT2D eigenvalue weighted by molar-refractivity contribution is 7.17. The van der Waals surface area contributed by atoms with Crippen LogP contribution in [-0.2, 0) is 11.3 Å². The highest BCUT2D eigenvalue weighted by atomic mass is 32.1. The van der Waals surface area contributed by atoms with Crippen LogP contribution in [0.2, 0.25) is 0 Å². The third-order valence-electron chi connectivity index (χ3n) is 5.59. The molecule has 2 fully saturated rings. The largest absolute Gasteiger partial charge is 0.342 e. The van der Waals surface area contributed by atoms with Crippen LogP contribution in [0.25, 0.3) is 10.2 Å². The number of carbonyl (C=O) groups is 1. The number of amides is 1. The van der Waals surface area contributed by atoms with E-state index < -0.39 is 0 Å². The molecule has 0 atom stereocenters. The quantitative estimate of drug-likeness (QED) is 0.897. The van der Waals surface area contributed by atoms with E-state index >= 15 is 0 Å². The number of aromatic nitrogens is 2. The molecule has 7 heteroatoms. The fourth-order valence-electron chi connectivity index (χ4n) is 4.10. The van der Waals surface area contributed by atoms with Gasteiger partial charge in [0, 0.05) is 19.0 Å². The predicted octanol–water partition coefficient (Wildman–Crippen LogP) is 2.60. The average Bonchev–Trinajstić information content (AvgIpc) is 2.96. The van der Waals surface area contributed by atoms with Crippen LogP contribution in [0.1, 0.15) is 44.3 Å². The third kappa shape index (κ3) is 3.83. The fourth-order valence-corrected chi connectivity index (χ4v) is 4.82. The van der Waals surface area contributed by atoms with Gasteiger partial charge in [-0.05, 0) is 50.2 Å². The first-order chi connectivity index (χ1) is 12.7. The second-order valence-corrected chi connectivity index (χ2v) is 8.35. The van der Waals surface area contributed by atoms with Crippen molar-refractivity contribution >= 4 is 27.5 Å². The Labute approximate surface area is 157 Å². The van der Waals surface area contributed by atoms with Gasteiger partial charge in [0.25, 0.3) is 5.56 Å². The van der Waals surface area contributed by atoms with Crippen molar-refractivity contribution in [3.63, 3.8) is 0 Å². The molecule has 1 N–H and O–H groups in total. The van der Waals surface area contributed by atoms with Crippen LogP contribution in [0, 0.1) is 5.92 Å². The Hall–Kier alpha value is -1.73. The average molecular weight is 375 g/mol. The van der Waals surface area contributed by atoms with Gasteiger partial charge in [-0.15, -0.1) is 11.3 Å². The molecule has 0 bridgehead atoms. The summed E-state index contributed by atoms with van der Waals surface area (Å²) in [5.41, 5.74) is 0.728. The maximum Gasteiger partial charge on any atom is 0.268 e. The van der Waals surface area contributed by atoms with Crippen molar-refractivity contribution in [1.82, 2.24) is 19.8 Å². The summed E-state index contributed by atoms with van der Waals surface area (Å²) in [6.45, 7) is 4.28. The van der Waals surface area contributed by atoms with E-state index in [0.717, 1.165) is 63.2 Å². The van der Waals surface area contributed by atoms with E-state index in [9.17, 15) is 9.59 Å². The number of hydrogen-bond acceptors (Lipinski definition) is 5. The number of rotatable bonds is 3. The molecule has 0 unspecified atom stereocenters. The van der Waals surface area contributed by atoms with E-state index in [-0.39, 0.29) is 11.5 Å².